The number of fused-ring (bicyclic) bond motifs is 4. The fourth-order valence-corrected chi connectivity index (χ4v) is 9.50. The van der Waals surface area contributed by atoms with E-state index in [1.54, 1.807) is 24.3 Å². The summed E-state index contributed by atoms with van der Waals surface area (Å²) >= 11 is 6.35. The van der Waals surface area contributed by atoms with E-state index in [1.165, 1.54) is 24.1 Å². The maximum Gasteiger partial charge on any atom is 0.390 e. The molecule has 244 valence electrons. The lowest BCUT2D eigenvalue weighted by atomic mass is 9.68. The molecule has 2 aliphatic carbocycles. The SMILES string of the molecule is C[C@H]1C/C=C/[C@H](O)C2CCC2CN2C[C@@]3(CCCc4cc(Cl)ccc43)COc3ccc(cc32)C(=O)NS(=O)(=O)C1CC(F)(F)F. The van der Waals surface area contributed by atoms with Gasteiger partial charge in [-0.05, 0) is 97.7 Å². The normalized spacial score (nSPS) is 32.3. The molecule has 0 saturated heterocycles. The molecule has 1 spiro atoms. The molecular formula is C33H38ClF3N2O5S. The molecule has 45 heavy (non-hydrogen) atoms. The molecule has 7 nitrogen and oxygen atoms in total. The van der Waals surface area contributed by atoms with E-state index in [9.17, 15) is 31.5 Å². The summed E-state index contributed by atoms with van der Waals surface area (Å²) in [6.45, 7) is 2.96. The van der Waals surface area contributed by atoms with Crippen molar-refractivity contribution in [2.45, 2.75) is 74.8 Å². The highest BCUT2D eigenvalue weighted by Gasteiger charge is 2.45. The van der Waals surface area contributed by atoms with Crippen LogP contribution in [-0.4, -0.2) is 56.7 Å². The number of anilines is 1. The van der Waals surface area contributed by atoms with E-state index in [4.69, 9.17) is 16.3 Å². The highest BCUT2D eigenvalue weighted by Crippen LogP contribution is 2.47. The molecule has 1 saturated carbocycles. The first-order valence-corrected chi connectivity index (χ1v) is 17.5. The second-order valence-electron chi connectivity index (χ2n) is 13.3. The molecule has 4 aliphatic rings. The van der Waals surface area contributed by atoms with Crippen molar-refractivity contribution in [3.63, 3.8) is 0 Å². The summed E-state index contributed by atoms with van der Waals surface area (Å²) in [5.41, 5.74) is 2.59. The van der Waals surface area contributed by atoms with Crippen molar-refractivity contribution in [1.29, 1.82) is 0 Å². The number of rotatable bonds is 1. The minimum absolute atomic E-state index is 0.00144. The topological polar surface area (TPSA) is 95.9 Å². The lowest BCUT2D eigenvalue weighted by Crippen LogP contribution is -2.49. The molecule has 6 atom stereocenters. The van der Waals surface area contributed by atoms with Crippen molar-refractivity contribution in [3.8, 4) is 5.75 Å². The molecule has 2 bridgehead atoms. The molecule has 2 N–H and O–H groups in total. The Morgan fingerprint density at radius 1 is 1.18 bits per heavy atom. The summed E-state index contributed by atoms with van der Waals surface area (Å²) in [5.74, 6) is -1.36. The largest absolute Gasteiger partial charge is 0.490 e. The maximum absolute atomic E-state index is 13.5. The van der Waals surface area contributed by atoms with Crippen LogP contribution in [0.25, 0.3) is 0 Å². The minimum atomic E-state index is -4.76. The molecule has 2 aromatic carbocycles. The van der Waals surface area contributed by atoms with Gasteiger partial charge in [0.15, 0.2) is 0 Å². The molecule has 12 heteroatoms. The van der Waals surface area contributed by atoms with Crippen LogP contribution in [0.2, 0.25) is 5.02 Å². The van der Waals surface area contributed by atoms with Gasteiger partial charge in [0.2, 0.25) is 10.0 Å². The molecule has 0 aromatic heterocycles. The van der Waals surface area contributed by atoms with E-state index in [1.807, 2.05) is 16.9 Å². The summed E-state index contributed by atoms with van der Waals surface area (Å²) < 4.78 is 75.6. The molecule has 6 rings (SSSR count). The summed E-state index contributed by atoms with van der Waals surface area (Å²) in [7, 11) is -4.73. The third-order valence-electron chi connectivity index (χ3n) is 10.2. The lowest BCUT2D eigenvalue weighted by Gasteiger charge is -2.45. The zero-order chi connectivity index (χ0) is 32.1. The van der Waals surface area contributed by atoms with Crippen LogP contribution in [0, 0.1) is 17.8 Å². The summed E-state index contributed by atoms with van der Waals surface area (Å²) in [6.07, 6.45) is 0.369. The van der Waals surface area contributed by atoms with Gasteiger partial charge in [0, 0.05) is 29.1 Å². The first kappa shape index (κ1) is 32.2. The van der Waals surface area contributed by atoms with Gasteiger partial charge in [-0.2, -0.15) is 13.2 Å². The molecule has 2 heterocycles. The number of hydrogen-bond donors (Lipinski definition) is 2. The van der Waals surface area contributed by atoms with Gasteiger partial charge in [-0.3, -0.25) is 4.79 Å². The third-order valence-corrected chi connectivity index (χ3v) is 12.3. The number of amides is 1. The van der Waals surface area contributed by atoms with Gasteiger partial charge >= 0.3 is 6.18 Å². The highest BCUT2D eigenvalue weighted by molar-refractivity contribution is 7.90. The van der Waals surface area contributed by atoms with Gasteiger partial charge in [0.05, 0.1) is 30.1 Å². The Morgan fingerprint density at radius 3 is 2.71 bits per heavy atom. The van der Waals surface area contributed by atoms with Crippen molar-refractivity contribution >= 4 is 33.2 Å². The number of hydrogen-bond acceptors (Lipinski definition) is 6. The first-order valence-electron chi connectivity index (χ1n) is 15.5. The van der Waals surface area contributed by atoms with Crippen molar-refractivity contribution in [3.05, 3.63) is 70.3 Å². The van der Waals surface area contributed by atoms with Gasteiger partial charge in [0.25, 0.3) is 5.91 Å². The average molecular weight is 667 g/mol. The number of carbonyl (C=O) groups excluding carboxylic acids is 1. The van der Waals surface area contributed by atoms with Crippen molar-refractivity contribution in [2.75, 3.05) is 24.6 Å². The first-order chi connectivity index (χ1) is 21.2. The monoisotopic (exact) mass is 666 g/mol. The Morgan fingerprint density at radius 2 is 1.98 bits per heavy atom. The van der Waals surface area contributed by atoms with E-state index in [-0.39, 0.29) is 29.2 Å². The Balaban J connectivity index is 1.42. The Hall–Kier alpha value is -2.76. The second-order valence-corrected chi connectivity index (χ2v) is 15.6. The number of benzene rings is 2. The predicted molar refractivity (Wildman–Crippen MR) is 166 cm³/mol. The van der Waals surface area contributed by atoms with Crippen LogP contribution in [0.5, 0.6) is 5.75 Å². The van der Waals surface area contributed by atoms with Crippen LogP contribution in [0.1, 0.15) is 66.9 Å². The van der Waals surface area contributed by atoms with Gasteiger partial charge in [-0.15, -0.1) is 0 Å². The average Bonchev–Trinajstić information content (AvgIpc) is 3.09. The molecular weight excluding hydrogens is 629 g/mol. The Labute approximate surface area is 266 Å². The Bertz CT molecular complexity index is 1600. The van der Waals surface area contributed by atoms with Crippen LogP contribution in [0.15, 0.2) is 48.6 Å². The summed E-state index contributed by atoms with van der Waals surface area (Å²) in [6, 6.07) is 10.6. The quantitative estimate of drug-likeness (QED) is 0.353. The molecule has 2 aliphatic heterocycles. The number of alkyl halides is 3. The molecule has 0 radical (unpaired) electrons. The van der Waals surface area contributed by atoms with Crippen LogP contribution in [-0.2, 0) is 21.9 Å². The highest BCUT2D eigenvalue weighted by atomic mass is 35.5. The van der Waals surface area contributed by atoms with E-state index < -0.39 is 45.8 Å². The van der Waals surface area contributed by atoms with E-state index >= 15 is 0 Å². The number of nitrogens with one attached hydrogen (secondary N) is 1. The second kappa shape index (κ2) is 12.1. The lowest BCUT2D eigenvalue weighted by molar-refractivity contribution is -0.136. The fraction of sp³-hybridized carbons (Fsp3) is 0.545. The number of aryl methyl sites for hydroxylation is 1. The van der Waals surface area contributed by atoms with E-state index in [0.717, 1.165) is 32.1 Å². The zero-order valence-electron chi connectivity index (χ0n) is 25.0. The molecule has 3 unspecified atom stereocenters. The van der Waals surface area contributed by atoms with Crippen LogP contribution in [0.4, 0.5) is 18.9 Å². The summed E-state index contributed by atoms with van der Waals surface area (Å²) in [4.78, 5) is 15.6. The van der Waals surface area contributed by atoms with Gasteiger partial charge in [-0.25, -0.2) is 13.1 Å². The number of carbonyl (C=O) groups is 1. The Kier molecular flexibility index (Phi) is 8.67. The molecule has 1 fully saturated rings. The van der Waals surface area contributed by atoms with E-state index in [0.29, 0.717) is 36.2 Å². The number of allylic oxidation sites excluding steroid dienone is 1. The van der Waals surface area contributed by atoms with Gasteiger partial charge in [-0.1, -0.05) is 36.7 Å². The van der Waals surface area contributed by atoms with Crippen LogP contribution in [0.3, 0.4) is 0 Å². The zero-order valence-corrected chi connectivity index (χ0v) is 26.6. The van der Waals surface area contributed by atoms with Crippen molar-refractivity contribution in [2.24, 2.45) is 17.8 Å². The smallest absolute Gasteiger partial charge is 0.390 e. The number of halogens is 4. The number of aliphatic hydroxyl groups is 1. The molecule has 1 amide bonds. The number of aliphatic hydroxyl groups excluding tert-OH is 1. The summed E-state index contributed by atoms with van der Waals surface area (Å²) in [5, 5.41) is 9.88. The third kappa shape index (κ3) is 6.58. The standard InChI is InChI=1S/C33H38ClF3N2O5S/c1-20-4-2-6-28(40)25-10-7-23(25)17-39-18-32(13-3-5-21-14-24(34)9-11-26(21)32)19-44-29-12-8-22(15-27(29)39)31(41)38-45(42,43)30(20)16-33(35,36)37/h2,6,8-9,11-12,14-15,20,23,25,28,30,40H,3-5,7,10,13,16-19H2,1H3,(H,38,41)/b6-2+/t20-,23?,25?,28-,30?,32-/m0/s1. The maximum atomic E-state index is 13.5. The number of ether oxygens (including phenoxy) is 1. The van der Waals surface area contributed by atoms with Crippen LogP contribution < -0.4 is 14.4 Å². The van der Waals surface area contributed by atoms with Gasteiger partial charge in [0.1, 0.15) is 5.75 Å². The van der Waals surface area contributed by atoms with Gasteiger partial charge < -0.3 is 14.7 Å². The van der Waals surface area contributed by atoms with Crippen molar-refractivity contribution in [1.82, 2.24) is 4.72 Å². The predicted octanol–water partition coefficient (Wildman–Crippen LogP) is 6.18. The number of sulfonamides is 1. The van der Waals surface area contributed by atoms with E-state index in [2.05, 4.69) is 11.0 Å². The minimum Gasteiger partial charge on any atom is -0.490 e. The van der Waals surface area contributed by atoms with Crippen LogP contribution >= 0.6 is 11.6 Å². The van der Waals surface area contributed by atoms with Crippen molar-refractivity contribution < 1.29 is 36.2 Å². The fourth-order valence-electron chi connectivity index (χ4n) is 7.65. The number of nitrogens with zero attached hydrogens (tertiary/aromatic N) is 1. The molecule has 2 aromatic rings.